The van der Waals surface area contributed by atoms with Gasteiger partial charge in [-0.05, 0) is 18.6 Å². The summed E-state index contributed by atoms with van der Waals surface area (Å²) in [7, 11) is 0. The molecular formula is C11H11N5O3. The molecule has 0 bridgehead atoms. The SMILES string of the molecule is Cc1cc([N+](=O)[O-])ccc1Oc1ccnc(NN)n1. The third-order valence-electron chi connectivity index (χ3n) is 2.34. The van der Waals surface area contributed by atoms with E-state index in [1.165, 1.54) is 24.4 Å². The molecule has 0 unspecified atom stereocenters. The van der Waals surface area contributed by atoms with Crippen LogP contribution in [-0.2, 0) is 0 Å². The molecule has 98 valence electrons. The summed E-state index contributed by atoms with van der Waals surface area (Å²) in [4.78, 5) is 18.0. The van der Waals surface area contributed by atoms with Crippen molar-refractivity contribution in [3.8, 4) is 11.6 Å². The zero-order valence-corrected chi connectivity index (χ0v) is 10.0. The number of aromatic nitrogens is 2. The number of hydrazine groups is 1. The van der Waals surface area contributed by atoms with Crippen LogP contribution in [0.5, 0.6) is 11.6 Å². The number of nitrogen functional groups attached to an aromatic ring is 1. The quantitative estimate of drug-likeness (QED) is 0.489. The van der Waals surface area contributed by atoms with E-state index in [1.54, 1.807) is 13.0 Å². The molecule has 1 aromatic carbocycles. The van der Waals surface area contributed by atoms with E-state index >= 15 is 0 Å². The third-order valence-corrected chi connectivity index (χ3v) is 2.34. The molecule has 2 aromatic rings. The molecule has 1 heterocycles. The van der Waals surface area contributed by atoms with Gasteiger partial charge in [0.1, 0.15) is 5.75 Å². The molecule has 0 atom stereocenters. The van der Waals surface area contributed by atoms with Gasteiger partial charge in [0, 0.05) is 24.4 Å². The number of aryl methyl sites for hydroxylation is 1. The molecule has 2 rings (SSSR count). The predicted octanol–water partition coefficient (Wildman–Crippen LogP) is 1.77. The lowest BCUT2D eigenvalue weighted by Crippen LogP contribution is -2.10. The Morgan fingerprint density at radius 1 is 1.42 bits per heavy atom. The molecule has 1 aromatic heterocycles. The van der Waals surface area contributed by atoms with Crippen molar-refractivity contribution in [2.24, 2.45) is 5.84 Å². The first-order valence-corrected chi connectivity index (χ1v) is 5.32. The average Bonchev–Trinajstić information content (AvgIpc) is 2.41. The molecule has 0 radical (unpaired) electrons. The first-order valence-electron chi connectivity index (χ1n) is 5.32. The Bertz CT molecular complexity index is 617. The fraction of sp³-hybridized carbons (Fsp3) is 0.0909. The van der Waals surface area contributed by atoms with Gasteiger partial charge in [-0.1, -0.05) is 0 Å². The minimum atomic E-state index is -0.460. The lowest BCUT2D eigenvalue weighted by atomic mass is 10.2. The number of ether oxygens (including phenoxy) is 1. The van der Waals surface area contributed by atoms with Crippen LogP contribution in [0.2, 0.25) is 0 Å². The predicted molar refractivity (Wildman–Crippen MR) is 67.7 cm³/mol. The summed E-state index contributed by atoms with van der Waals surface area (Å²) in [6, 6.07) is 5.87. The van der Waals surface area contributed by atoms with E-state index < -0.39 is 4.92 Å². The van der Waals surface area contributed by atoms with Crippen molar-refractivity contribution in [2.45, 2.75) is 6.92 Å². The molecule has 0 fully saturated rings. The number of rotatable bonds is 4. The summed E-state index contributed by atoms with van der Waals surface area (Å²) in [5.41, 5.74) is 2.95. The van der Waals surface area contributed by atoms with Crippen LogP contribution in [0.25, 0.3) is 0 Å². The van der Waals surface area contributed by atoms with E-state index in [1.807, 2.05) is 0 Å². The molecule has 19 heavy (non-hydrogen) atoms. The van der Waals surface area contributed by atoms with Gasteiger partial charge in [-0.25, -0.2) is 10.8 Å². The largest absolute Gasteiger partial charge is 0.439 e. The molecule has 0 amide bonds. The van der Waals surface area contributed by atoms with E-state index in [-0.39, 0.29) is 11.6 Å². The van der Waals surface area contributed by atoms with Crippen LogP contribution in [0.3, 0.4) is 0 Å². The van der Waals surface area contributed by atoms with Gasteiger partial charge in [0.15, 0.2) is 0 Å². The average molecular weight is 261 g/mol. The second kappa shape index (κ2) is 5.27. The van der Waals surface area contributed by atoms with Gasteiger partial charge in [-0.15, -0.1) is 0 Å². The van der Waals surface area contributed by atoms with Gasteiger partial charge in [-0.3, -0.25) is 15.5 Å². The summed E-state index contributed by atoms with van der Waals surface area (Å²) in [5, 5.41) is 10.6. The van der Waals surface area contributed by atoms with E-state index in [2.05, 4.69) is 15.4 Å². The van der Waals surface area contributed by atoms with Gasteiger partial charge < -0.3 is 4.74 Å². The van der Waals surface area contributed by atoms with Crippen molar-refractivity contribution in [1.29, 1.82) is 0 Å². The van der Waals surface area contributed by atoms with Gasteiger partial charge in [0.25, 0.3) is 5.69 Å². The number of nitro groups is 1. The van der Waals surface area contributed by atoms with Crippen LogP contribution < -0.4 is 16.0 Å². The van der Waals surface area contributed by atoms with Crippen molar-refractivity contribution in [2.75, 3.05) is 5.43 Å². The molecule has 0 saturated heterocycles. The van der Waals surface area contributed by atoms with Crippen LogP contribution in [0, 0.1) is 17.0 Å². The third kappa shape index (κ3) is 2.93. The number of nitro benzene ring substituents is 1. The highest BCUT2D eigenvalue weighted by Crippen LogP contribution is 2.27. The van der Waals surface area contributed by atoms with Crippen molar-refractivity contribution >= 4 is 11.6 Å². The summed E-state index contributed by atoms with van der Waals surface area (Å²) >= 11 is 0. The minimum Gasteiger partial charge on any atom is -0.439 e. The molecule has 3 N–H and O–H groups in total. The molecule has 8 heteroatoms. The van der Waals surface area contributed by atoms with Crippen molar-refractivity contribution in [3.63, 3.8) is 0 Å². The van der Waals surface area contributed by atoms with Crippen molar-refractivity contribution < 1.29 is 9.66 Å². The minimum absolute atomic E-state index is 0.0110. The van der Waals surface area contributed by atoms with E-state index in [0.717, 1.165) is 0 Å². The smallest absolute Gasteiger partial charge is 0.269 e. The maximum atomic E-state index is 10.6. The zero-order valence-electron chi connectivity index (χ0n) is 10.0. The fourth-order valence-electron chi connectivity index (χ4n) is 1.44. The number of hydrogen-bond acceptors (Lipinski definition) is 7. The molecule has 0 aliphatic carbocycles. The summed E-state index contributed by atoms with van der Waals surface area (Å²) in [6.45, 7) is 1.71. The molecule has 0 aliphatic heterocycles. The number of benzene rings is 1. The van der Waals surface area contributed by atoms with Gasteiger partial charge in [0.2, 0.25) is 11.8 Å². The standard InChI is InChI=1S/C11H11N5O3/c1-7-6-8(16(17)18)2-3-9(7)19-10-4-5-13-11(14-10)15-12/h2-6H,12H2,1H3,(H,13,14,15). The Hall–Kier alpha value is -2.74. The second-order valence-electron chi connectivity index (χ2n) is 3.67. The summed E-state index contributed by atoms with van der Waals surface area (Å²) < 4.78 is 5.52. The van der Waals surface area contributed by atoms with Crippen LogP contribution >= 0.6 is 0 Å². The lowest BCUT2D eigenvalue weighted by molar-refractivity contribution is -0.384. The number of non-ortho nitro benzene ring substituents is 1. The zero-order chi connectivity index (χ0) is 13.8. The van der Waals surface area contributed by atoms with Crippen LogP contribution in [0.15, 0.2) is 30.5 Å². The highest BCUT2D eigenvalue weighted by atomic mass is 16.6. The molecule has 0 saturated carbocycles. The lowest BCUT2D eigenvalue weighted by Gasteiger charge is -2.08. The highest BCUT2D eigenvalue weighted by molar-refractivity contribution is 5.44. The van der Waals surface area contributed by atoms with E-state index in [0.29, 0.717) is 17.2 Å². The summed E-state index contributed by atoms with van der Waals surface area (Å²) in [6.07, 6.45) is 1.48. The maximum absolute atomic E-state index is 10.6. The Morgan fingerprint density at radius 3 is 2.84 bits per heavy atom. The Balaban J connectivity index is 2.25. The van der Waals surface area contributed by atoms with Crippen LogP contribution in [0.1, 0.15) is 5.56 Å². The second-order valence-corrected chi connectivity index (χ2v) is 3.67. The molecular weight excluding hydrogens is 250 g/mol. The van der Waals surface area contributed by atoms with Gasteiger partial charge in [-0.2, -0.15) is 4.98 Å². The van der Waals surface area contributed by atoms with Crippen LogP contribution in [0.4, 0.5) is 11.6 Å². The summed E-state index contributed by atoms with van der Waals surface area (Å²) in [5.74, 6) is 6.18. The first kappa shape index (κ1) is 12.7. The molecule has 0 spiro atoms. The first-order chi connectivity index (χ1) is 9.10. The maximum Gasteiger partial charge on any atom is 0.269 e. The Morgan fingerprint density at radius 2 is 2.21 bits per heavy atom. The topological polar surface area (TPSA) is 116 Å². The van der Waals surface area contributed by atoms with Gasteiger partial charge >= 0.3 is 0 Å². The van der Waals surface area contributed by atoms with Crippen molar-refractivity contribution in [1.82, 2.24) is 9.97 Å². The van der Waals surface area contributed by atoms with Gasteiger partial charge in [0.05, 0.1) is 4.92 Å². The number of anilines is 1. The number of hydrogen-bond donors (Lipinski definition) is 2. The Kier molecular flexibility index (Phi) is 3.53. The normalized spacial score (nSPS) is 10.0. The molecule has 8 nitrogen and oxygen atoms in total. The van der Waals surface area contributed by atoms with E-state index in [9.17, 15) is 10.1 Å². The number of nitrogens with two attached hydrogens (primary N) is 1. The number of nitrogens with one attached hydrogen (secondary N) is 1. The fourth-order valence-corrected chi connectivity index (χ4v) is 1.44. The molecule has 0 aliphatic rings. The van der Waals surface area contributed by atoms with E-state index in [4.69, 9.17) is 10.6 Å². The Labute approximate surface area is 108 Å². The highest BCUT2D eigenvalue weighted by Gasteiger charge is 2.10. The van der Waals surface area contributed by atoms with Crippen LogP contribution in [-0.4, -0.2) is 14.9 Å². The monoisotopic (exact) mass is 261 g/mol. The number of nitrogens with zero attached hydrogens (tertiary/aromatic N) is 3. The van der Waals surface area contributed by atoms with Crippen molar-refractivity contribution in [3.05, 3.63) is 46.1 Å².